The van der Waals surface area contributed by atoms with E-state index in [1.165, 1.54) is 43.5 Å². The molecule has 1 saturated carbocycles. The average Bonchev–Trinajstić information content (AvgIpc) is 2.91. The summed E-state index contributed by atoms with van der Waals surface area (Å²) in [5.41, 5.74) is 9.19. The summed E-state index contributed by atoms with van der Waals surface area (Å²) < 4.78 is 5.34. The predicted octanol–water partition coefficient (Wildman–Crippen LogP) is 3.24. The number of hydrogen-bond donors (Lipinski definition) is 1. The Kier molecular flexibility index (Phi) is 6.13. The molecule has 1 saturated heterocycles. The van der Waals surface area contributed by atoms with Crippen LogP contribution in [0.15, 0.2) is 18.2 Å². The summed E-state index contributed by atoms with van der Waals surface area (Å²) in [5.74, 6) is 2.52. The Balaban J connectivity index is 0.00000176. The van der Waals surface area contributed by atoms with E-state index in [0.717, 1.165) is 30.6 Å². The fourth-order valence-electron chi connectivity index (χ4n) is 4.19. The maximum atomic E-state index is 6.33. The summed E-state index contributed by atoms with van der Waals surface area (Å²) in [7, 11) is 1.74. The number of halogens is 1. The normalized spacial score (nSPS) is 28.0. The molecule has 1 aromatic rings. The maximum Gasteiger partial charge on any atom is 0.119 e. The first-order valence-corrected chi connectivity index (χ1v) is 8.35. The molecule has 0 spiro atoms. The van der Waals surface area contributed by atoms with Crippen molar-refractivity contribution < 1.29 is 4.74 Å². The van der Waals surface area contributed by atoms with Gasteiger partial charge in [0.25, 0.3) is 0 Å². The lowest BCUT2D eigenvalue weighted by atomic mass is 9.78. The molecule has 0 aromatic heterocycles. The third kappa shape index (κ3) is 3.58. The number of rotatable bonds is 4. The molecule has 0 amide bonds. The first-order chi connectivity index (χ1) is 10.2. The first-order valence-electron chi connectivity index (χ1n) is 8.35. The van der Waals surface area contributed by atoms with Gasteiger partial charge < -0.3 is 10.5 Å². The second-order valence-corrected chi connectivity index (χ2v) is 6.70. The molecule has 3 nitrogen and oxygen atoms in total. The van der Waals surface area contributed by atoms with E-state index in [4.69, 9.17) is 10.5 Å². The number of benzene rings is 1. The van der Waals surface area contributed by atoms with Gasteiger partial charge in [0.1, 0.15) is 5.75 Å². The Morgan fingerprint density at radius 2 is 2.05 bits per heavy atom. The highest BCUT2D eigenvalue weighted by molar-refractivity contribution is 5.85. The fraction of sp³-hybridized carbons (Fsp3) is 0.667. The summed E-state index contributed by atoms with van der Waals surface area (Å²) in [6, 6.07) is 6.93. The van der Waals surface area contributed by atoms with E-state index < -0.39 is 0 Å². The molecule has 22 heavy (non-hydrogen) atoms. The van der Waals surface area contributed by atoms with Crippen LogP contribution >= 0.6 is 12.4 Å². The maximum absolute atomic E-state index is 6.33. The lowest BCUT2D eigenvalue weighted by Gasteiger charge is -2.29. The highest BCUT2D eigenvalue weighted by atomic mass is 35.5. The van der Waals surface area contributed by atoms with Gasteiger partial charge in [-0.3, -0.25) is 4.90 Å². The van der Waals surface area contributed by atoms with Gasteiger partial charge in [0, 0.05) is 25.7 Å². The molecule has 1 aliphatic heterocycles. The van der Waals surface area contributed by atoms with Gasteiger partial charge in [-0.25, -0.2) is 0 Å². The number of ether oxygens (including phenoxy) is 1. The van der Waals surface area contributed by atoms with Crippen molar-refractivity contribution in [3.05, 3.63) is 29.3 Å². The molecule has 2 aliphatic rings. The molecular weight excluding hydrogens is 296 g/mol. The zero-order valence-corrected chi connectivity index (χ0v) is 14.6. The Morgan fingerprint density at radius 1 is 1.23 bits per heavy atom. The molecule has 3 unspecified atom stereocenters. The molecule has 3 atom stereocenters. The Bertz CT molecular complexity index is 494. The second kappa shape index (κ2) is 7.67. The van der Waals surface area contributed by atoms with Crippen LogP contribution in [0.5, 0.6) is 5.75 Å². The standard InChI is InChI=1S/C18H28N2O.ClH/c1-3-13-9-16(21-2)8-7-14(13)10-20-11-15-5-4-6-18(19)17(15)12-20;/h7-9,15,17-18H,3-6,10-12,19H2,1-2H3;1H. The van der Waals surface area contributed by atoms with Crippen LogP contribution in [0.25, 0.3) is 0 Å². The van der Waals surface area contributed by atoms with Gasteiger partial charge in [0.15, 0.2) is 0 Å². The van der Waals surface area contributed by atoms with E-state index in [1.54, 1.807) is 7.11 Å². The number of aryl methyl sites for hydroxylation is 1. The summed E-state index contributed by atoms with van der Waals surface area (Å²) in [5, 5.41) is 0. The van der Waals surface area contributed by atoms with Crippen LogP contribution in [-0.2, 0) is 13.0 Å². The van der Waals surface area contributed by atoms with E-state index >= 15 is 0 Å². The van der Waals surface area contributed by atoms with Crippen molar-refractivity contribution in [2.45, 2.75) is 45.2 Å². The van der Waals surface area contributed by atoms with Gasteiger partial charge in [-0.15, -0.1) is 12.4 Å². The first kappa shape index (κ1) is 17.6. The summed E-state index contributed by atoms with van der Waals surface area (Å²) in [6.45, 7) is 5.69. The molecule has 1 heterocycles. The van der Waals surface area contributed by atoms with Crippen molar-refractivity contribution in [2.24, 2.45) is 17.6 Å². The van der Waals surface area contributed by atoms with Crippen LogP contribution in [0.1, 0.15) is 37.3 Å². The minimum Gasteiger partial charge on any atom is -0.497 e. The van der Waals surface area contributed by atoms with E-state index in [-0.39, 0.29) is 12.4 Å². The SMILES string of the molecule is CCc1cc(OC)ccc1CN1CC2CCCC(N)C2C1.Cl. The van der Waals surface area contributed by atoms with Gasteiger partial charge in [-0.2, -0.15) is 0 Å². The number of likely N-dealkylation sites (tertiary alicyclic amines) is 1. The van der Waals surface area contributed by atoms with Crippen LogP contribution in [0, 0.1) is 11.8 Å². The zero-order valence-electron chi connectivity index (χ0n) is 13.8. The van der Waals surface area contributed by atoms with Gasteiger partial charge in [-0.1, -0.05) is 19.4 Å². The van der Waals surface area contributed by atoms with Gasteiger partial charge in [0.2, 0.25) is 0 Å². The van der Waals surface area contributed by atoms with Crippen molar-refractivity contribution in [1.29, 1.82) is 0 Å². The third-order valence-corrected chi connectivity index (χ3v) is 5.42. The van der Waals surface area contributed by atoms with Crippen LogP contribution in [0.3, 0.4) is 0 Å². The van der Waals surface area contributed by atoms with Gasteiger partial charge in [-0.05, 0) is 54.4 Å². The Morgan fingerprint density at radius 3 is 2.73 bits per heavy atom. The second-order valence-electron chi connectivity index (χ2n) is 6.70. The number of fused-ring (bicyclic) bond motifs is 1. The molecule has 0 radical (unpaired) electrons. The Hall–Kier alpha value is -0.770. The molecular formula is C18H29ClN2O. The molecule has 3 rings (SSSR count). The highest BCUT2D eigenvalue weighted by Crippen LogP contribution is 2.36. The summed E-state index contributed by atoms with van der Waals surface area (Å²) >= 11 is 0. The smallest absolute Gasteiger partial charge is 0.119 e. The minimum absolute atomic E-state index is 0. The van der Waals surface area contributed by atoms with Crippen molar-refractivity contribution in [3.8, 4) is 5.75 Å². The number of nitrogens with zero attached hydrogens (tertiary/aromatic N) is 1. The Labute approximate surface area is 140 Å². The van der Waals surface area contributed by atoms with Gasteiger partial charge in [0.05, 0.1) is 7.11 Å². The molecule has 0 bridgehead atoms. The third-order valence-electron chi connectivity index (χ3n) is 5.42. The molecule has 1 aromatic carbocycles. The van der Waals surface area contributed by atoms with Crippen LogP contribution in [-0.4, -0.2) is 31.1 Å². The van der Waals surface area contributed by atoms with Crippen molar-refractivity contribution in [2.75, 3.05) is 20.2 Å². The van der Waals surface area contributed by atoms with Crippen molar-refractivity contribution in [1.82, 2.24) is 4.90 Å². The quantitative estimate of drug-likeness (QED) is 0.924. The zero-order chi connectivity index (χ0) is 14.8. The number of nitrogens with two attached hydrogens (primary N) is 1. The van der Waals surface area contributed by atoms with E-state index in [1.807, 2.05) is 0 Å². The molecule has 2 N–H and O–H groups in total. The van der Waals surface area contributed by atoms with Gasteiger partial charge >= 0.3 is 0 Å². The topological polar surface area (TPSA) is 38.5 Å². The largest absolute Gasteiger partial charge is 0.497 e. The highest BCUT2D eigenvalue weighted by Gasteiger charge is 2.38. The lowest BCUT2D eigenvalue weighted by Crippen LogP contribution is -2.38. The lowest BCUT2D eigenvalue weighted by molar-refractivity contribution is 0.259. The molecule has 2 fully saturated rings. The summed E-state index contributed by atoms with van der Waals surface area (Å²) in [4.78, 5) is 2.61. The number of hydrogen-bond acceptors (Lipinski definition) is 3. The molecule has 124 valence electrons. The monoisotopic (exact) mass is 324 g/mol. The van der Waals surface area contributed by atoms with E-state index in [0.29, 0.717) is 6.04 Å². The predicted molar refractivity (Wildman–Crippen MR) is 93.7 cm³/mol. The van der Waals surface area contributed by atoms with Crippen LogP contribution in [0.2, 0.25) is 0 Å². The molecule has 1 aliphatic carbocycles. The van der Waals surface area contributed by atoms with E-state index in [2.05, 4.69) is 30.0 Å². The summed E-state index contributed by atoms with van der Waals surface area (Å²) in [6.07, 6.45) is 4.97. The average molecular weight is 325 g/mol. The van der Waals surface area contributed by atoms with Crippen molar-refractivity contribution >= 4 is 12.4 Å². The minimum atomic E-state index is 0. The van der Waals surface area contributed by atoms with Crippen LogP contribution in [0.4, 0.5) is 0 Å². The fourth-order valence-corrected chi connectivity index (χ4v) is 4.19. The van der Waals surface area contributed by atoms with Crippen LogP contribution < -0.4 is 10.5 Å². The molecule has 4 heteroatoms. The van der Waals surface area contributed by atoms with Crippen molar-refractivity contribution in [3.63, 3.8) is 0 Å². The number of methoxy groups -OCH3 is 1. The van der Waals surface area contributed by atoms with E-state index in [9.17, 15) is 0 Å².